The molecule has 1 aromatic heterocycles. The summed E-state index contributed by atoms with van der Waals surface area (Å²) in [7, 11) is 2.06. The van der Waals surface area contributed by atoms with Gasteiger partial charge in [-0.1, -0.05) is 18.2 Å². The van der Waals surface area contributed by atoms with Gasteiger partial charge in [0.1, 0.15) is 18.3 Å². The molecule has 1 fully saturated rings. The number of ether oxygens (including phenoxy) is 1. The molecule has 3 heterocycles. The van der Waals surface area contributed by atoms with Crippen molar-refractivity contribution in [2.24, 2.45) is 7.05 Å². The Morgan fingerprint density at radius 1 is 1.17 bits per heavy atom. The molecule has 0 N–H and O–H groups in total. The van der Waals surface area contributed by atoms with Crippen LogP contribution in [0.25, 0.3) is 0 Å². The molecule has 1 amide bonds. The van der Waals surface area contributed by atoms with E-state index < -0.39 is 0 Å². The van der Waals surface area contributed by atoms with Gasteiger partial charge in [0.05, 0.1) is 6.04 Å². The Balaban J connectivity index is 1.63. The second-order valence-corrected chi connectivity index (χ2v) is 6.49. The maximum absolute atomic E-state index is 13.2. The van der Waals surface area contributed by atoms with E-state index in [0.29, 0.717) is 6.61 Å². The van der Waals surface area contributed by atoms with Crippen molar-refractivity contribution in [1.29, 1.82) is 0 Å². The van der Waals surface area contributed by atoms with Crippen molar-refractivity contribution < 1.29 is 9.53 Å². The minimum absolute atomic E-state index is 0.160. The summed E-state index contributed by atoms with van der Waals surface area (Å²) in [5, 5.41) is 0. The van der Waals surface area contributed by atoms with Crippen molar-refractivity contribution >= 4 is 5.91 Å². The zero-order valence-electron chi connectivity index (χ0n) is 13.4. The lowest BCUT2D eigenvalue weighted by Crippen LogP contribution is -2.42. The number of aromatic nitrogens is 1. The Kier molecular flexibility index (Phi) is 3.60. The van der Waals surface area contributed by atoms with Gasteiger partial charge in [-0.15, -0.1) is 0 Å². The fraction of sp³-hybridized carbons (Fsp3) is 0.421. The third kappa shape index (κ3) is 2.42. The van der Waals surface area contributed by atoms with Crippen LogP contribution in [0.5, 0.6) is 5.75 Å². The molecule has 0 radical (unpaired) electrons. The van der Waals surface area contributed by atoms with Crippen LogP contribution in [0.1, 0.15) is 42.5 Å². The van der Waals surface area contributed by atoms with E-state index in [2.05, 4.69) is 34.8 Å². The summed E-state index contributed by atoms with van der Waals surface area (Å²) in [6.07, 6.45) is 5.36. The van der Waals surface area contributed by atoms with Crippen molar-refractivity contribution in [1.82, 2.24) is 9.47 Å². The lowest BCUT2D eigenvalue weighted by molar-refractivity contribution is -0.137. The largest absolute Gasteiger partial charge is 0.492 e. The van der Waals surface area contributed by atoms with E-state index in [4.69, 9.17) is 4.74 Å². The molecule has 0 saturated carbocycles. The number of nitrogens with zero attached hydrogens (tertiary/aromatic N) is 2. The maximum atomic E-state index is 13.2. The molecule has 120 valence electrons. The first-order chi connectivity index (χ1) is 11.3. The first-order valence-electron chi connectivity index (χ1n) is 8.39. The molecule has 1 aromatic carbocycles. The van der Waals surface area contributed by atoms with E-state index >= 15 is 0 Å². The third-order valence-corrected chi connectivity index (χ3v) is 5.11. The van der Waals surface area contributed by atoms with E-state index in [9.17, 15) is 4.79 Å². The van der Waals surface area contributed by atoms with Crippen LogP contribution in [0.4, 0.5) is 0 Å². The minimum atomic E-state index is -0.160. The average Bonchev–Trinajstić information content (AvgIpc) is 3.20. The first kappa shape index (κ1) is 14.4. The third-order valence-electron chi connectivity index (χ3n) is 5.11. The number of fused-ring (bicyclic) bond motifs is 1. The summed E-state index contributed by atoms with van der Waals surface area (Å²) in [6.45, 7) is 1.31. The smallest absolute Gasteiger partial charge is 0.234 e. The van der Waals surface area contributed by atoms with E-state index in [1.807, 2.05) is 24.3 Å². The lowest BCUT2D eigenvalue weighted by atomic mass is 9.94. The maximum Gasteiger partial charge on any atom is 0.234 e. The monoisotopic (exact) mass is 310 g/mol. The molecule has 0 spiro atoms. The number of piperidine rings is 1. The average molecular weight is 310 g/mol. The van der Waals surface area contributed by atoms with Crippen molar-refractivity contribution in [3.63, 3.8) is 0 Å². The summed E-state index contributed by atoms with van der Waals surface area (Å²) in [6, 6.07) is 12.3. The Morgan fingerprint density at radius 2 is 2.04 bits per heavy atom. The van der Waals surface area contributed by atoms with Crippen LogP contribution in [-0.2, 0) is 11.8 Å². The van der Waals surface area contributed by atoms with E-state index in [-0.39, 0.29) is 17.9 Å². The fourth-order valence-corrected chi connectivity index (χ4v) is 3.89. The van der Waals surface area contributed by atoms with Gasteiger partial charge in [0.15, 0.2) is 0 Å². The Labute approximate surface area is 136 Å². The molecule has 2 atom stereocenters. The molecule has 1 saturated heterocycles. The summed E-state index contributed by atoms with van der Waals surface area (Å²) < 4.78 is 7.85. The van der Waals surface area contributed by atoms with E-state index in [1.165, 1.54) is 12.1 Å². The van der Waals surface area contributed by atoms with Gasteiger partial charge in [-0.25, -0.2) is 0 Å². The number of amides is 1. The molecule has 0 bridgehead atoms. The van der Waals surface area contributed by atoms with E-state index in [0.717, 1.165) is 30.7 Å². The highest BCUT2D eigenvalue weighted by atomic mass is 16.5. The van der Waals surface area contributed by atoms with Crippen molar-refractivity contribution in [2.75, 3.05) is 13.2 Å². The van der Waals surface area contributed by atoms with Crippen LogP contribution in [0, 0.1) is 0 Å². The van der Waals surface area contributed by atoms with Crippen LogP contribution in [0.2, 0.25) is 0 Å². The van der Waals surface area contributed by atoms with E-state index in [1.54, 1.807) is 0 Å². The standard InChI is InChI=1S/C19H22N2O2/c1-20-11-6-9-16(20)17-8-4-5-12-21(17)19(22)15-13-23-18-10-3-2-7-14(15)18/h2-3,6-7,9-11,15,17H,4-5,8,12-13H2,1H3. The second kappa shape index (κ2) is 5.76. The molecule has 4 rings (SSSR count). The number of likely N-dealkylation sites (tertiary alicyclic amines) is 1. The van der Waals surface area contributed by atoms with Crippen LogP contribution in [0.15, 0.2) is 42.6 Å². The predicted molar refractivity (Wildman–Crippen MR) is 88.4 cm³/mol. The lowest BCUT2D eigenvalue weighted by Gasteiger charge is -2.37. The number of para-hydroxylation sites is 1. The quantitative estimate of drug-likeness (QED) is 0.853. The zero-order chi connectivity index (χ0) is 15.8. The molecule has 23 heavy (non-hydrogen) atoms. The Morgan fingerprint density at radius 3 is 2.87 bits per heavy atom. The molecule has 4 heteroatoms. The second-order valence-electron chi connectivity index (χ2n) is 6.49. The topological polar surface area (TPSA) is 34.5 Å². The van der Waals surface area contributed by atoms with Gasteiger partial charge in [0.2, 0.25) is 5.91 Å². The predicted octanol–water partition coefficient (Wildman–Crippen LogP) is 3.25. The fourth-order valence-electron chi connectivity index (χ4n) is 3.89. The summed E-state index contributed by atoms with van der Waals surface area (Å²) in [5.74, 6) is 0.909. The minimum Gasteiger partial charge on any atom is -0.492 e. The summed E-state index contributed by atoms with van der Waals surface area (Å²) >= 11 is 0. The highest BCUT2D eigenvalue weighted by Crippen LogP contribution is 2.38. The SMILES string of the molecule is Cn1cccc1C1CCCCN1C(=O)C1COc2ccccc21. The highest BCUT2D eigenvalue weighted by Gasteiger charge is 2.37. The van der Waals surface area contributed by atoms with Gasteiger partial charge in [-0.2, -0.15) is 0 Å². The summed E-state index contributed by atoms with van der Waals surface area (Å²) in [4.78, 5) is 15.3. The number of aryl methyl sites for hydroxylation is 1. The molecular weight excluding hydrogens is 288 g/mol. The highest BCUT2D eigenvalue weighted by molar-refractivity contribution is 5.86. The summed E-state index contributed by atoms with van der Waals surface area (Å²) in [5.41, 5.74) is 2.26. The number of carbonyl (C=O) groups excluding carboxylic acids is 1. The molecule has 2 aliphatic heterocycles. The van der Waals surface area contributed by atoms with Crippen molar-refractivity contribution in [3.05, 3.63) is 53.9 Å². The number of hydrogen-bond donors (Lipinski definition) is 0. The van der Waals surface area contributed by atoms with Gasteiger partial charge in [-0.05, 0) is 37.5 Å². The number of rotatable bonds is 2. The molecule has 2 unspecified atom stereocenters. The zero-order valence-corrected chi connectivity index (χ0v) is 13.4. The van der Waals surface area contributed by atoms with Crippen LogP contribution >= 0.6 is 0 Å². The van der Waals surface area contributed by atoms with Gasteiger partial charge >= 0.3 is 0 Å². The Bertz CT molecular complexity index is 722. The van der Waals surface area contributed by atoms with Crippen LogP contribution in [0.3, 0.4) is 0 Å². The molecular formula is C19H22N2O2. The number of carbonyl (C=O) groups is 1. The van der Waals surface area contributed by atoms with Crippen LogP contribution < -0.4 is 4.74 Å². The van der Waals surface area contributed by atoms with Crippen molar-refractivity contribution in [2.45, 2.75) is 31.2 Å². The van der Waals surface area contributed by atoms with Gasteiger partial charge < -0.3 is 14.2 Å². The molecule has 2 aliphatic rings. The molecule has 0 aliphatic carbocycles. The number of hydrogen-bond acceptors (Lipinski definition) is 2. The van der Waals surface area contributed by atoms with Gasteiger partial charge in [-0.3, -0.25) is 4.79 Å². The molecule has 2 aromatic rings. The number of benzene rings is 1. The van der Waals surface area contributed by atoms with Gasteiger partial charge in [0.25, 0.3) is 0 Å². The van der Waals surface area contributed by atoms with Crippen molar-refractivity contribution in [3.8, 4) is 5.75 Å². The normalized spacial score (nSPS) is 23.4. The molecule has 4 nitrogen and oxygen atoms in total. The van der Waals surface area contributed by atoms with Crippen LogP contribution in [-0.4, -0.2) is 28.5 Å². The first-order valence-corrected chi connectivity index (χ1v) is 8.39. The Hall–Kier alpha value is -2.23. The van der Waals surface area contributed by atoms with Gasteiger partial charge in [0, 0.05) is 31.0 Å².